The monoisotopic (exact) mass is 260 g/mol. The second-order valence-corrected chi connectivity index (χ2v) is 5.06. The lowest BCUT2D eigenvalue weighted by Gasteiger charge is -2.08. The number of nitrogens with one attached hydrogen (secondary N) is 2. The van der Waals surface area contributed by atoms with Gasteiger partial charge in [-0.1, -0.05) is 32.0 Å². The highest BCUT2D eigenvalue weighted by molar-refractivity contribution is 5.86. The highest BCUT2D eigenvalue weighted by atomic mass is 16.4. The number of aromatic amines is 1. The zero-order valence-electron chi connectivity index (χ0n) is 11.4. The first-order valence-corrected chi connectivity index (χ1v) is 6.61. The van der Waals surface area contributed by atoms with Crippen molar-refractivity contribution in [2.45, 2.75) is 32.7 Å². The van der Waals surface area contributed by atoms with E-state index in [0.29, 0.717) is 6.04 Å². The zero-order valence-corrected chi connectivity index (χ0v) is 11.4. The molecule has 2 rings (SSSR count). The fourth-order valence-corrected chi connectivity index (χ4v) is 2.33. The maximum Gasteiger partial charge on any atom is 0.309 e. The summed E-state index contributed by atoms with van der Waals surface area (Å²) in [5.74, 6) is -0.801. The van der Waals surface area contributed by atoms with Crippen molar-refractivity contribution >= 4 is 16.9 Å². The summed E-state index contributed by atoms with van der Waals surface area (Å²) < 4.78 is 0. The topological polar surface area (TPSA) is 65.1 Å². The molecule has 19 heavy (non-hydrogen) atoms. The molecular formula is C15H20N2O2. The molecule has 0 radical (unpaired) electrons. The first kappa shape index (κ1) is 13.6. The van der Waals surface area contributed by atoms with Gasteiger partial charge in [0.2, 0.25) is 0 Å². The Balaban J connectivity index is 2.28. The first-order chi connectivity index (χ1) is 9.08. The van der Waals surface area contributed by atoms with E-state index in [2.05, 4.69) is 24.1 Å². The molecule has 0 aliphatic heterocycles. The predicted molar refractivity (Wildman–Crippen MR) is 76.5 cm³/mol. The molecule has 0 bridgehead atoms. The molecule has 0 saturated heterocycles. The number of hydrogen-bond donors (Lipinski definition) is 3. The minimum absolute atomic E-state index is 0.0473. The van der Waals surface area contributed by atoms with Crippen LogP contribution in [0.3, 0.4) is 0 Å². The van der Waals surface area contributed by atoms with E-state index in [1.54, 1.807) is 0 Å². The van der Waals surface area contributed by atoms with Gasteiger partial charge in [0, 0.05) is 22.6 Å². The fraction of sp³-hybridized carbons (Fsp3) is 0.400. The number of carboxylic acid groups (broad SMARTS) is 1. The maximum atomic E-state index is 10.9. The number of aliphatic carboxylic acids is 1. The van der Waals surface area contributed by atoms with Gasteiger partial charge in [0.1, 0.15) is 0 Å². The Morgan fingerprint density at radius 1 is 1.37 bits per heavy atom. The van der Waals surface area contributed by atoms with E-state index >= 15 is 0 Å². The molecule has 1 aromatic carbocycles. The average molecular weight is 260 g/mol. The van der Waals surface area contributed by atoms with Gasteiger partial charge >= 0.3 is 5.97 Å². The molecule has 0 saturated carbocycles. The van der Waals surface area contributed by atoms with E-state index in [-0.39, 0.29) is 6.42 Å². The lowest BCUT2D eigenvalue weighted by Crippen LogP contribution is -2.25. The van der Waals surface area contributed by atoms with Crippen molar-refractivity contribution in [3.63, 3.8) is 0 Å². The summed E-state index contributed by atoms with van der Waals surface area (Å²) in [6.07, 6.45) is 0.885. The van der Waals surface area contributed by atoms with Crippen LogP contribution in [0.15, 0.2) is 24.3 Å². The van der Waals surface area contributed by atoms with E-state index in [1.165, 1.54) is 0 Å². The summed E-state index contributed by atoms with van der Waals surface area (Å²) >= 11 is 0. The lowest BCUT2D eigenvalue weighted by atomic mass is 10.1. The van der Waals surface area contributed by atoms with Crippen molar-refractivity contribution in [1.82, 2.24) is 10.3 Å². The van der Waals surface area contributed by atoms with E-state index in [0.717, 1.165) is 35.1 Å². The first-order valence-electron chi connectivity index (χ1n) is 6.61. The van der Waals surface area contributed by atoms with Crippen LogP contribution in [0, 0.1) is 0 Å². The van der Waals surface area contributed by atoms with Crippen molar-refractivity contribution in [3.8, 4) is 0 Å². The molecular weight excluding hydrogens is 240 g/mol. The van der Waals surface area contributed by atoms with Gasteiger partial charge in [-0.05, 0) is 24.6 Å². The van der Waals surface area contributed by atoms with Crippen molar-refractivity contribution in [1.29, 1.82) is 0 Å². The largest absolute Gasteiger partial charge is 0.481 e. The summed E-state index contributed by atoms with van der Waals surface area (Å²) in [6.45, 7) is 5.06. The van der Waals surface area contributed by atoms with Crippen molar-refractivity contribution in [2.24, 2.45) is 0 Å². The normalized spacial score (nSPS) is 11.3. The molecule has 0 aliphatic carbocycles. The molecule has 0 spiro atoms. The van der Waals surface area contributed by atoms with Crippen LogP contribution in [0.25, 0.3) is 10.9 Å². The Bertz CT molecular complexity index is 573. The Hall–Kier alpha value is -1.81. The van der Waals surface area contributed by atoms with Crippen molar-refractivity contribution in [3.05, 3.63) is 35.5 Å². The molecule has 0 unspecified atom stereocenters. The minimum atomic E-state index is -0.801. The van der Waals surface area contributed by atoms with E-state index in [1.807, 2.05) is 24.3 Å². The van der Waals surface area contributed by atoms with Crippen molar-refractivity contribution < 1.29 is 9.90 Å². The highest BCUT2D eigenvalue weighted by Crippen LogP contribution is 2.23. The molecule has 4 nitrogen and oxygen atoms in total. The Kier molecular flexibility index (Phi) is 4.22. The third kappa shape index (κ3) is 3.35. The van der Waals surface area contributed by atoms with Crippen LogP contribution in [0.5, 0.6) is 0 Å². The fourth-order valence-electron chi connectivity index (χ4n) is 2.33. The number of carboxylic acids is 1. The molecule has 102 valence electrons. The second kappa shape index (κ2) is 5.89. The van der Waals surface area contributed by atoms with Gasteiger partial charge in [-0.3, -0.25) is 4.79 Å². The van der Waals surface area contributed by atoms with Crippen LogP contribution < -0.4 is 5.32 Å². The summed E-state index contributed by atoms with van der Waals surface area (Å²) in [5.41, 5.74) is 2.95. The van der Waals surface area contributed by atoms with Gasteiger partial charge in [0.05, 0.1) is 6.42 Å². The van der Waals surface area contributed by atoms with E-state index < -0.39 is 5.97 Å². The van der Waals surface area contributed by atoms with Crippen LogP contribution in [-0.4, -0.2) is 28.6 Å². The summed E-state index contributed by atoms with van der Waals surface area (Å²) in [5, 5.41) is 13.5. The summed E-state index contributed by atoms with van der Waals surface area (Å²) in [4.78, 5) is 14.2. The van der Waals surface area contributed by atoms with Crippen LogP contribution in [0.2, 0.25) is 0 Å². The van der Waals surface area contributed by atoms with E-state index in [4.69, 9.17) is 5.11 Å². The summed E-state index contributed by atoms with van der Waals surface area (Å²) in [7, 11) is 0. The van der Waals surface area contributed by atoms with Crippen molar-refractivity contribution in [2.75, 3.05) is 6.54 Å². The Morgan fingerprint density at radius 3 is 2.79 bits per heavy atom. The predicted octanol–water partition coefficient (Wildman–Crippen LogP) is 2.34. The molecule has 0 atom stereocenters. The van der Waals surface area contributed by atoms with Gasteiger partial charge in [-0.25, -0.2) is 0 Å². The highest BCUT2D eigenvalue weighted by Gasteiger charge is 2.13. The van der Waals surface area contributed by atoms with Crippen LogP contribution in [0.4, 0.5) is 0 Å². The standard InChI is InChI=1S/C15H20N2O2/c1-10(2)16-8-7-12-11-5-3-4-6-13(11)17-14(12)9-15(18)19/h3-6,10,16-17H,7-9H2,1-2H3,(H,18,19). The van der Waals surface area contributed by atoms with Crippen LogP contribution >= 0.6 is 0 Å². The number of aromatic nitrogens is 1. The zero-order chi connectivity index (χ0) is 13.8. The molecule has 1 heterocycles. The molecule has 0 amide bonds. The molecule has 3 N–H and O–H groups in total. The molecule has 0 fully saturated rings. The molecule has 4 heteroatoms. The number of hydrogen-bond acceptors (Lipinski definition) is 2. The molecule has 1 aromatic heterocycles. The maximum absolute atomic E-state index is 10.9. The number of rotatable bonds is 6. The van der Waals surface area contributed by atoms with Gasteiger partial charge in [0.15, 0.2) is 0 Å². The minimum Gasteiger partial charge on any atom is -0.481 e. The van der Waals surface area contributed by atoms with Crippen LogP contribution in [0.1, 0.15) is 25.1 Å². The number of para-hydroxylation sites is 1. The Morgan fingerprint density at radius 2 is 2.11 bits per heavy atom. The van der Waals surface area contributed by atoms with Gasteiger partial charge in [-0.15, -0.1) is 0 Å². The SMILES string of the molecule is CC(C)NCCc1c(CC(=O)O)[nH]c2ccccc12. The smallest absolute Gasteiger partial charge is 0.309 e. The number of benzene rings is 1. The van der Waals surface area contributed by atoms with Gasteiger partial charge in [-0.2, -0.15) is 0 Å². The van der Waals surface area contributed by atoms with E-state index in [9.17, 15) is 4.79 Å². The average Bonchev–Trinajstić information content (AvgIpc) is 2.66. The second-order valence-electron chi connectivity index (χ2n) is 5.06. The molecule has 2 aromatic rings. The Labute approximate surface area is 112 Å². The number of H-pyrrole nitrogens is 1. The van der Waals surface area contributed by atoms with Gasteiger partial charge in [0.25, 0.3) is 0 Å². The van der Waals surface area contributed by atoms with Crippen LogP contribution in [-0.2, 0) is 17.6 Å². The quantitative estimate of drug-likeness (QED) is 0.747. The number of fused-ring (bicyclic) bond motifs is 1. The third-order valence-electron chi connectivity index (χ3n) is 3.16. The third-order valence-corrected chi connectivity index (χ3v) is 3.16. The number of carbonyl (C=O) groups is 1. The summed E-state index contributed by atoms with van der Waals surface area (Å²) in [6, 6.07) is 8.41. The van der Waals surface area contributed by atoms with Gasteiger partial charge < -0.3 is 15.4 Å². The lowest BCUT2D eigenvalue weighted by molar-refractivity contribution is -0.136. The molecule has 0 aliphatic rings.